The van der Waals surface area contributed by atoms with Gasteiger partial charge in [-0.3, -0.25) is 14.9 Å². The molecule has 1 aliphatic rings. The smallest absolute Gasteiger partial charge is 0.285 e. The summed E-state index contributed by atoms with van der Waals surface area (Å²) in [4.78, 5) is 23.5. The Morgan fingerprint density at radius 3 is 2.60 bits per heavy atom. The van der Waals surface area contributed by atoms with E-state index in [1.54, 1.807) is 31.2 Å². The maximum Gasteiger partial charge on any atom is 0.285 e. The Balaban J connectivity index is 1.55. The molecular formula is C22H23N5O3. The Morgan fingerprint density at radius 1 is 1.07 bits per heavy atom. The van der Waals surface area contributed by atoms with E-state index in [1.807, 2.05) is 12.1 Å². The van der Waals surface area contributed by atoms with Crippen LogP contribution in [0.3, 0.4) is 0 Å². The lowest BCUT2D eigenvalue weighted by molar-refractivity contribution is -0.385. The second-order valence-electron chi connectivity index (χ2n) is 7.52. The number of carbonyl (C=O) groups excluding carboxylic acids is 1. The van der Waals surface area contributed by atoms with E-state index in [1.165, 1.54) is 18.9 Å². The molecule has 3 aromatic rings. The fraction of sp³-hybridized carbons (Fsp3) is 0.318. The number of fused-ring (bicyclic) bond motifs is 1. The highest BCUT2D eigenvalue weighted by Crippen LogP contribution is 2.26. The number of benzene rings is 2. The fourth-order valence-electron chi connectivity index (χ4n) is 3.86. The monoisotopic (exact) mass is 405 g/mol. The van der Waals surface area contributed by atoms with E-state index < -0.39 is 10.8 Å². The summed E-state index contributed by atoms with van der Waals surface area (Å²) in [5.74, 6) is 1.35. The SMILES string of the molecule is Cc1cccc(C(=O)Nc2ccc(-c3nnc4n3CCCCCC4)cc2)c1[N+](=O)[O-]. The standard InChI is InChI=1S/C22H23N5O3/c1-15-7-6-8-18(20(15)27(29)30)22(28)23-17-12-10-16(11-13-17)21-25-24-19-9-4-2-3-5-14-26(19)21/h6-8,10-13H,2-5,9,14H2,1H3,(H,23,28). The summed E-state index contributed by atoms with van der Waals surface area (Å²) < 4.78 is 2.18. The number of hydrogen-bond acceptors (Lipinski definition) is 5. The first-order valence-electron chi connectivity index (χ1n) is 10.1. The minimum absolute atomic E-state index is 0.0444. The van der Waals surface area contributed by atoms with E-state index in [-0.39, 0.29) is 11.3 Å². The van der Waals surface area contributed by atoms with Gasteiger partial charge in [0.15, 0.2) is 5.82 Å². The van der Waals surface area contributed by atoms with Crippen LogP contribution in [0.15, 0.2) is 42.5 Å². The van der Waals surface area contributed by atoms with E-state index in [9.17, 15) is 14.9 Å². The second kappa shape index (κ2) is 8.44. The molecule has 0 unspecified atom stereocenters. The molecule has 1 N–H and O–H groups in total. The molecule has 0 atom stereocenters. The maximum absolute atomic E-state index is 12.6. The van der Waals surface area contributed by atoms with Crippen molar-refractivity contribution in [2.24, 2.45) is 0 Å². The number of nitro benzene ring substituents is 1. The first-order valence-corrected chi connectivity index (χ1v) is 10.1. The van der Waals surface area contributed by atoms with Crippen molar-refractivity contribution in [2.45, 2.75) is 45.6 Å². The molecule has 0 bridgehead atoms. The van der Waals surface area contributed by atoms with Gasteiger partial charge in [0.05, 0.1) is 4.92 Å². The number of anilines is 1. The molecule has 4 rings (SSSR count). The van der Waals surface area contributed by atoms with Gasteiger partial charge in [0.2, 0.25) is 0 Å². The van der Waals surface area contributed by atoms with Crippen LogP contribution in [0.1, 0.15) is 47.4 Å². The molecule has 2 heterocycles. The molecule has 0 saturated carbocycles. The molecule has 0 aliphatic carbocycles. The number of carbonyl (C=O) groups is 1. The zero-order valence-electron chi connectivity index (χ0n) is 16.8. The number of para-hydroxylation sites is 1. The Hall–Kier alpha value is -3.55. The third-order valence-electron chi connectivity index (χ3n) is 5.43. The Kier molecular flexibility index (Phi) is 5.56. The highest BCUT2D eigenvalue weighted by Gasteiger charge is 2.22. The third-order valence-corrected chi connectivity index (χ3v) is 5.43. The summed E-state index contributed by atoms with van der Waals surface area (Å²) in [5, 5.41) is 22.8. The lowest BCUT2D eigenvalue weighted by Gasteiger charge is -2.13. The molecule has 0 fully saturated rings. The van der Waals surface area contributed by atoms with Crippen LogP contribution in [-0.4, -0.2) is 25.6 Å². The number of nitrogens with zero attached hydrogens (tertiary/aromatic N) is 4. The zero-order chi connectivity index (χ0) is 21.1. The van der Waals surface area contributed by atoms with Gasteiger partial charge in [-0.1, -0.05) is 25.0 Å². The highest BCUT2D eigenvalue weighted by atomic mass is 16.6. The second-order valence-corrected chi connectivity index (χ2v) is 7.52. The van der Waals surface area contributed by atoms with Crippen molar-refractivity contribution in [2.75, 3.05) is 5.32 Å². The quantitative estimate of drug-likeness (QED) is 0.507. The molecule has 2 aromatic carbocycles. The minimum atomic E-state index is -0.521. The molecule has 8 nitrogen and oxygen atoms in total. The van der Waals surface area contributed by atoms with Gasteiger partial charge in [-0.25, -0.2) is 0 Å². The van der Waals surface area contributed by atoms with E-state index in [0.29, 0.717) is 11.3 Å². The molecule has 0 radical (unpaired) electrons. The van der Waals surface area contributed by atoms with Gasteiger partial charge in [-0.05, 0) is 50.1 Å². The maximum atomic E-state index is 12.6. The van der Waals surface area contributed by atoms with Crippen LogP contribution in [0, 0.1) is 17.0 Å². The van der Waals surface area contributed by atoms with Crippen molar-refractivity contribution < 1.29 is 9.72 Å². The van der Waals surface area contributed by atoms with Crippen LogP contribution >= 0.6 is 0 Å². The average Bonchev–Trinajstić information content (AvgIpc) is 3.09. The van der Waals surface area contributed by atoms with E-state index in [2.05, 4.69) is 20.1 Å². The Labute approximate surface area is 174 Å². The molecule has 154 valence electrons. The number of nitrogens with one attached hydrogen (secondary N) is 1. The molecule has 1 amide bonds. The lowest BCUT2D eigenvalue weighted by atomic mass is 10.1. The minimum Gasteiger partial charge on any atom is -0.322 e. The first-order chi connectivity index (χ1) is 14.5. The summed E-state index contributed by atoms with van der Waals surface area (Å²) in [6.45, 7) is 2.53. The number of nitro groups is 1. The van der Waals surface area contributed by atoms with Gasteiger partial charge in [0, 0.05) is 29.8 Å². The predicted molar refractivity (Wildman–Crippen MR) is 113 cm³/mol. The van der Waals surface area contributed by atoms with Crippen molar-refractivity contribution >= 4 is 17.3 Å². The largest absolute Gasteiger partial charge is 0.322 e. The topological polar surface area (TPSA) is 103 Å². The van der Waals surface area contributed by atoms with Crippen molar-refractivity contribution in [1.29, 1.82) is 0 Å². The van der Waals surface area contributed by atoms with Gasteiger partial charge in [-0.2, -0.15) is 0 Å². The summed E-state index contributed by atoms with van der Waals surface area (Å²) in [5.41, 5.74) is 1.81. The van der Waals surface area contributed by atoms with E-state index >= 15 is 0 Å². The lowest BCUT2D eigenvalue weighted by Crippen LogP contribution is -2.14. The van der Waals surface area contributed by atoms with Gasteiger partial charge >= 0.3 is 0 Å². The van der Waals surface area contributed by atoms with Crippen LogP contribution in [0.4, 0.5) is 11.4 Å². The summed E-state index contributed by atoms with van der Waals surface area (Å²) >= 11 is 0. The predicted octanol–water partition coefficient (Wildman–Crippen LogP) is 4.53. The first kappa shape index (κ1) is 19.8. The normalized spacial score (nSPS) is 13.8. The molecule has 1 aliphatic heterocycles. The van der Waals surface area contributed by atoms with Crippen molar-refractivity contribution in [3.05, 3.63) is 69.5 Å². The van der Waals surface area contributed by atoms with Crippen LogP contribution in [0.2, 0.25) is 0 Å². The van der Waals surface area contributed by atoms with Crippen molar-refractivity contribution in [3.63, 3.8) is 0 Å². The number of aromatic nitrogens is 3. The number of amides is 1. The van der Waals surface area contributed by atoms with Crippen LogP contribution < -0.4 is 5.32 Å². The Morgan fingerprint density at radius 2 is 1.83 bits per heavy atom. The molecule has 0 spiro atoms. The molecule has 1 aromatic heterocycles. The summed E-state index contributed by atoms with van der Waals surface area (Å²) in [6.07, 6.45) is 5.63. The zero-order valence-corrected chi connectivity index (χ0v) is 16.8. The fourth-order valence-corrected chi connectivity index (χ4v) is 3.86. The molecule has 0 saturated heterocycles. The van der Waals surface area contributed by atoms with Crippen LogP contribution in [0.25, 0.3) is 11.4 Å². The van der Waals surface area contributed by atoms with E-state index in [4.69, 9.17) is 0 Å². The molecule has 8 heteroatoms. The summed E-state index contributed by atoms with van der Waals surface area (Å²) in [6, 6.07) is 12.0. The van der Waals surface area contributed by atoms with Gasteiger partial charge < -0.3 is 9.88 Å². The Bertz CT molecular complexity index is 1090. The number of aryl methyl sites for hydroxylation is 2. The van der Waals surface area contributed by atoms with Gasteiger partial charge in [0.25, 0.3) is 11.6 Å². The summed E-state index contributed by atoms with van der Waals surface area (Å²) in [7, 11) is 0. The van der Waals surface area contributed by atoms with Crippen molar-refractivity contribution in [1.82, 2.24) is 14.8 Å². The van der Waals surface area contributed by atoms with Crippen LogP contribution in [0.5, 0.6) is 0 Å². The number of rotatable bonds is 4. The highest BCUT2D eigenvalue weighted by molar-refractivity contribution is 6.07. The van der Waals surface area contributed by atoms with Crippen LogP contribution in [-0.2, 0) is 13.0 Å². The average molecular weight is 405 g/mol. The molecule has 30 heavy (non-hydrogen) atoms. The number of hydrogen-bond donors (Lipinski definition) is 1. The third kappa shape index (κ3) is 3.94. The van der Waals surface area contributed by atoms with E-state index in [0.717, 1.165) is 43.0 Å². The van der Waals surface area contributed by atoms with Gasteiger partial charge in [-0.15, -0.1) is 10.2 Å². The van der Waals surface area contributed by atoms with Gasteiger partial charge in [0.1, 0.15) is 11.4 Å². The molecular weight excluding hydrogens is 382 g/mol. The van der Waals surface area contributed by atoms with Crippen molar-refractivity contribution in [3.8, 4) is 11.4 Å².